The van der Waals surface area contributed by atoms with Gasteiger partial charge in [0.15, 0.2) is 6.23 Å². The molecule has 1 saturated carbocycles. The minimum atomic E-state index is -0.630. The van der Waals surface area contributed by atoms with Gasteiger partial charge in [-0.15, -0.1) is 0 Å². The van der Waals surface area contributed by atoms with Crippen molar-refractivity contribution in [3.8, 4) is 0 Å². The molecular formula is C20H33NO5. The van der Waals surface area contributed by atoms with Crippen molar-refractivity contribution >= 4 is 11.9 Å². The van der Waals surface area contributed by atoms with Crippen LogP contribution in [-0.2, 0) is 23.8 Å². The van der Waals surface area contributed by atoms with E-state index in [4.69, 9.17) is 14.2 Å². The molecule has 2 saturated heterocycles. The van der Waals surface area contributed by atoms with Crippen molar-refractivity contribution in [2.24, 2.45) is 23.7 Å². The van der Waals surface area contributed by atoms with E-state index >= 15 is 0 Å². The molecule has 0 bridgehead atoms. The lowest BCUT2D eigenvalue weighted by Crippen LogP contribution is -2.45. The number of hydrogen-bond donors (Lipinski definition) is 1. The zero-order valence-electron chi connectivity index (χ0n) is 16.8. The van der Waals surface area contributed by atoms with Gasteiger partial charge in [0.25, 0.3) is 0 Å². The van der Waals surface area contributed by atoms with Gasteiger partial charge in [0, 0.05) is 5.92 Å². The highest BCUT2D eigenvalue weighted by atomic mass is 16.6. The van der Waals surface area contributed by atoms with Crippen LogP contribution in [-0.4, -0.2) is 42.0 Å². The Morgan fingerprint density at radius 3 is 2.50 bits per heavy atom. The lowest BCUT2D eigenvalue weighted by Gasteiger charge is -2.29. The molecule has 0 aromatic heterocycles. The largest absolute Gasteiger partial charge is 0.442 e. The minimum Gasteiger partial charge on any atom is -0.442 e. The van der Waals surface area contributed by atoms with Crippen molar-refractivity contribution in [2.45, 2.75) is 90.9 Å². The molecule has 2 heterocycles. The van der Waals surface area contributed by atoms with E-state index < -0.39 is 6.23 Å². The topological polar surface area (TPSA) is 80.5 Å². The maximum atomic E-state index is 12.6. The fourth-order valence-electron chi connectivity index (χ4n) is 4.34. The maximum absolute atomic E-state index is 12.6. The summed E-state index contributed by atoms with van der Waals surface area (Å²) in [4.78, 5) is 25.2. The Morgan fingerprint density at radius 2 is 1.92 bits per heavy atom. The summed E-state index contributed by atoms with van der Waals surface area (Å²) in [7, 11) is 0. The van der Waals surface area contributed by atoms with Gasteiger partial charge in [0.1, 0.15) is 0 Å². The first-order valence-corrected chi connectivity index (χ1v) is 9.95. The van der Waals surface area contributed by atoms with Gasteiger partial charge in [-0.3, -0.25) is 9.59 Å². The number of esters is 1. The van der Waals surface area contributed by atoms with Crippen molar-refractivity contribution in [1.29, 1.82) is 0 Å². The summed E-state index contributed by atoms with van der Waals surface area (Å²) < 4.78 is 16.7. The minimum absolute atomic E-state index is 0.0270. The summed E-state index contributed by atoms with van der Waals surface area (Å²) in [6.07, 6.45) is 2.26. The fraction of sp³-hybridized carbons (Fsp3) is 0.900. The summed E-state index contributed by atoms with van der Waals surface area (Å²) in [5.74, 6) is -0.166. The van der Waals surface area contributed by atoms with E-state index in [1.165, 1.54) is 0 Å². The van der Waals surface area contributed by atoms with Gasteiger partial charge in [-0.05, 0) is 51.9 Å². The molecule has 0 aromatic carbocycles. The first-order valence-electron chi connectivity index (χ1n) is 9.95. The Labute approximate surface area is 156 Å². The third-order valence-electron chi connectivity index (χ3n) is 6.32. The monoisotopic (exact) mass is 367 g/mol. The Morgan fingerprint density at radius 1 is 1.27 bits per heavy atom. The summed E-state index contributed by atoms with van der Waals surface area (Å²) in [6.45, 7) is 12.0. The van der Waals surface area contributed by atoms with Gasteiger partial charge in [-0.2, -0.15) is 0 Å². The van der Waals surface area contributed by atoms with Crippen LogP contribution >= 0.6 is 0 Å². The predicted molar refractivity (Wildman–Crippen MR) is 96.1 cm³/mol. The van der Waals surface area contributed by atoms with Crippen molar-refractivity contribution in [3.05, 3.63) is 0 Å². The summed E-state index contributed by atoms with van der Waals surface area (Å²) in [5, 5.41) is 2.87. The van der Waals surface area contributed by atoms with Gasteiger partial charge < -0.3 is 19.5 Å². The number of fused-ring (bicyclic) bond motifs is 1. The fourth-order valence-corrected chi connectivity index (χ4v) is 4.34. The van der Waals surface area contributed by atoms with Crippen LogP contribution in [0.25, 0.3) is 0 Å². The molecule has 8 atom stereocenters. The number of hydrogen-bond acceptors (Lipinski definition) is 5. The lowest BCUT2D eigenvalue weighted by molar-refractivity contribution is -0.158. The predicted octanol–water partition coefficient (Wildman–Crippen LogP) is 2.65. The molecule has 148 valence electrons. The van der Waals surface area contributed by atoms with Crippen molar-refractivity contribution in [2.75, 3.05) is 0 Å². The quantitative estimate of drug-likeness (QED) is 0.425. The molecule has 1 amide bonds. The van der Waals surface area contributed by atoms with Crippen LogP contribution in [0.2, 0.25) is 0 Å². The normalized spacial score (nSPS) is 40.3. The van der Waals surface area contributed by atoms with Crippen LogP contribution in [0.4, 0.5) is 0 Å². The van der Waals surface area contributed by atoms with E-state index in [9.17, 15) is 9.59 Å². The maximum Gasteiger partial charge on any atom is 0.311 e. The van der Waals surface area contributed by atoms with E-state index in [-0.39, 0.29) is 59.5 Å². The van der Waals surface area contributed by atoms with Crippen LogP contribution in [0, 0.1) is 23.7 Å². The zero-order valence-corrected chi connectivity index (χ0v) is 16.8. The molecule has 1 N–H and O–H groups in total. The molecule has 3 rings (SSSR count). The molecule has 0 aromatic rings. The molecule has 6 heteroatoms. The molecule has 3 aliphatic rings. The number of rotatable bonds is 7. The van der Waals surface area contributed by atoms with E-state index in [2.05, 4.69) is 19.2 Å². The van der Waals surface area contributed by atoms with Gasteiger partial charge in [0.2, 0.25) is 5.91 Å². The second-order valence-electron chi connectivity index (χ2n) is 9.00. The van der Waals surface area contributed by atoms with Crippen molar-refractivity contribution in [1.82, 2.24) is 5.32 Å². The molecule has 1 aliphatic carbocycles. The van der Waals surface area contributed by atoms with E-state index in [1.807, 2.05) is 20.8 Å². The van der Waals surface area contributed by atoms with Crippen LogP contribution < -0.4 is 5.32 Å². The number of epoxide rings is 2. The number of amides is 1. The highest BCUT2D eigenvalue weighted by molar-refractivity contribution is 5.80. The average molecular weight is 367 g/mol. The number of carbonyl (C=O) groups excluding carboxylic acids is 2. The van der Waals surface area contributed by atoms with E-state index in [0.29, 0.717) is 6.42 Å². The first kappa shape index (κ1) is 19.6. The van der Waals surface area contributed by atoms with E-state index in [1.54, 1.807) is 6.92 Å². The summed E-state index contributed by atoms with van der Waals surface area (Å²) in [6, 6.07) is 0. The molecule has 6 nitrogen and oxygen atoms in total. The Balaban J connectivity index is 1.48. The second kappa shape index (κ2) is 7.12. The summed E-state index contributed by atoms with van der Waals surface area (Å²) in [5.41, 5.74) is -0.0270. The molecule has 2 aliphatic heterocycles. The lowest BCUT2D eigenvalue weighted by atomic mass is 9.75. The molecule has 3 fully saturated rings. The third-order valence-corrected chi connectivity index (χ3v) is 6.32. The smallest absolute Gasteiger partial charge is 0.311 e. The zero-order chi connectivity index (χ0) is 19.2. The van der Waals surface area contributed by atoms with E-state index in [0.717, 1.165) is 12.8 Å². The molecule has 0 spiro atoms. The Hall–Kier alpha value is -1.14. The van der Waals surface area contributed by atoms with Crippen LogP contribution in [0.15, 0.2) is 0 Å². The van der Waals surface area contributed by atoms with Gasteiger partial charge >= 0.3 is 5.97 Å². The highest BCUT2D eigenvalue weighted by Crippen LogP contribution is 2.51. The van der Waals surface area contributed by atoms with Crippen LogP contribution in [0.3, 0.4) is 0 Å². The number of ether oxygens (including phenoxy) is 3. The molecule has 26 heavy (non-hydrogen) atoms. The SMILES string of the molecule is CC(NC(=O)C1CC2OC2(C)CC1C)OC(=O)C(CC1OC1C)C(C)C. The number of carbonyl (C=O) groups is 2. The van der Waals surface area contributed by atoms with Gasteiger partial charge in [0.05, 0.1) is 29.8 Å². The summed E-state index contributed by atoms with van der Waals surface area (Å²) >= 11 is 0. The van der Waals surface area contributed by atoms with Crippen LogP contribution in [0.5, 0.6) is 0 Å². The van der Waals surface area contributed by atoms with Crippen molar-refractivity contribution in [3.63, 3.8) is 0 Å². The Bertz CT molecular complexity index is 546. The van der Waals surface area contributed by atoms with Gasteiger partial charge in [-0.1, -0.05) is 20.8 Å². The Kier molecular flexibility index (Phi) is 5.37. The average Bonchev–Trinajstić information content (AvgIpc) is 3.39. The van der Waals surface area contributed by atoms with Gasteiger partial charge in [-0.25, -0.2) is 0 Å². The third kappa shape index (κ3) is 4.22. The molecule has 0 radical (unpaired) electrons. The highest BCUT2D eigenvalue weighted by Gasteiger charge is 2.58. The first-order chi connectivity index (χ1) is 12.1. The molecular weight excluding hydrogens is 334 g/mol. The molecule has 8 unspecified atom stereocenters. The number of nitrogens with one attached hydrogen (secondary N) is 1. The second-order valence-corrected chi connectivity index (χ2v) is 9.00. The standard InChI is InChI=1S/C20H33NO5/c1-10(2)14(7-16-12(4)24-16)19(23)25-13(5)21-18(22)15-8-17-20(6,26-17)9-11(15)3/h10-17H,7-9H2,1-6H3,(H,21,22). The van der Waals surface area contributed by atoms with Crippen LogP contribution in [0.1, 0.15) is 60.8 Å². The van der Waals surface area contributed by atoms with Crippen molar-refractivity contribution < 1.29 is 23.8 Å².